The highest BCUT2D eigenvalue weighted by molar-refractivity contribution is 6.84. The summed E-state index contributed by atoms with van der Waals surface area (Å²) >= 11 is 0. The second-order valence-electron chi connectivity index (χ2n) is 3.49. The summed E-state index contributed by atoms with van der Waals surface area (Å²) < 4.78 is 0. The molecule has 0 aromatic rings. The molecule has 0 aliphatic heterocycles. The van der Waals surface area contributed by atoms with Gasteiger partial charge in [-0.15, -0.1) is 5.54 Å². The SMILES string of the molecule is CON(C)C(=O)C#C[Si](C)(C)C. The van der Waals surface area contributed by atoms with Gasteiger partial charge in [0.05, 0.1) is 7.11 Å². The van der Waals surface area contributed by atoms with Crippen molar-refractivity contribution >= 4 is 14.0 Å². The first-order valence-electron chi connectivity index (χ1n) is 3.72. The van der Waals surface area contributed by atoms with Crippen LogP contribution in [0.1, 0.15) is 0 Å². The average Bonchev–Trinajstić information content (AvgIpc) is 1.97. The maximum Gasteiger partial charge on any atom is 0.321 e. The highest BCUT2D eigenvalue weighted by Crippen LogP contribution is 1.96. The Labute approximate surface area is 74.7 Å². The Balaban J connectivity index is 4.23. The molecule has 0 heterocycles. The average molecular weight is 185 g/mol. The molecular formula is C8H15NO2Si. The largest absolute Gasteiger partial charge is 0.321 e. The van der Waals surface area contributed by atoms with Crippen LogP contribution >= 0.6 is 0 Å². The van der Waals surface area contributed by atoms with Crippen LogP contribution in [0.2, 0.25) is 19.6 Å². The molecule has 0 aliphatic rings. The third-order valence-corrected chi connectivity index (χ3v) is 1.98. The number of hydrogen-bond acceptors (Lipinski definition) is 2. The summed E-state index contributed by atoms with van der Waals surface area (Å²) in [4.78, 5) is 15.7. The van der Waals surface area contributed by atoms with Crippen LogP contribution in [-0.2, 0) is 9.63 Å². The minimum atomic E-state index is -1.44. The fraction of sp³-hybridized carbons (Fsp3) is 0.625. The predicted molar refractivity (Wildman–Crippen MR) is 50.9 cm³/mol. The molecule has 0 bridgehead atoms. The van der Waals surface area contributed by atoms with E-state index in [0.29, 0.717) is 0 Å². The molecule has 0 saturated heterocycles. The molecule has 0 aromatic heterocycles. The smallest absolute Gasteiger partial charge is 0.274 e. The second kappa shape index (κ2) is 4.29. The molecule has 0 unspecified atom stereocenters. The van der Waals surface area contributed by atoms with E-state index in [1.165, 1.54) is 7.11 Å². The van der Waals surface area contributed by atoms with Gasteiger partial charge in [0.15, 0.2) is 0 Å². The predicted octanol–water partition coefficient (Wildman–Crippen LogP) is 0.887. The third kappa shape index (κ3) is 4.94. The number of carbonyl (C=O) groups excluding carboxylic acids is 1. The van der Waals surface area contributed by atoms with Crippen LogP contribution in [-0.4, -0.2) is 33.2 Å². The van der Waals surface area contributed by atoms with Gasteiger partial charge in [-0.1, -0.05) is 19.6 Å². The summed E-state index contributed by atoms with van der Waals surface area (Å²) in [5.41, 5.74) is 2.95. The molecule has 0 aliphatic carbocycles. The summed E-state index contributed by atoms with van der Waals surface area (Å²) in [5, 5.41) is 1.12. The molecule has 0 saturated carbocycles. The van der Waals surface area contributed by atoms with E-state index in [-0.39, 0.29) is 5.91 Å². The van der Waals surface area contributed by atoms with Crippen molar-refractivity contribution in [2.24, 2.45) is 0 Å². The number of hydrogen-bond donors (Lipinski definition) is 0. The molecule has 4 heteroatoms. The van der Waals surface area contributed by atoms with Gasteiger partial charge in [-0.2, -0.15) is 0 Å². The Morgan fingerprint density at radius 2 is 1.92 bits per heavy atom. The highest BCUT2D eigenvalue weighted by Gasteiger charge is 2.09. The first kappa shape index (κ1) is 11.2. The molecule has 68 valence electrons. The first-order chi connectivity index (χ1) is 5.37. The molecule has 0 radical (unpaired) electrons. The Kier molecular flexibility index (Phi) is 4.00. The lowest BCUT2D eigenvalue weighted by molar-refractivity contribution is -0.161. The second-order valence-corrected chi connectivity index (χ2v) is 8.24. The third-order valence-electron chi connectivity index (χ3n) is 1.10. The van der Waals surface area contributed by atoms with Crippen molar-refractivity contribution in [1.82, 2.24) is 5.06 Å². The van der Waals surface area contributed by atoms with Crippen LogP contribution in [0.3, 0.4) is 0 Å². The Morgan fingerprint density at radius 1 is 1.42 bits per heavy atom. The highest BCUT2D eigenvalue weighted by atomic mass is 28.3. The van der Waals surface area contributed by atoms with E-state index >= 15 is 0 Å². The summed E-state index contributed by atoms with van der Waals surface area (Å²) in [6, 6.07) is 0. The van der Waals surface area contributed by atoms with E-state index in [0.717, 1.165) is 5.06 Å². The number of nitrogens with zero attached hydrogens (tertiary/aromatic N) is 1. The summed E-state index contributed by atoms with van der Waals surface area (Å²) in [6.07, 6.45) is 0. The van der Waals surface area contributed by atoms with Crippen LogP contribution in [0.5, 0.6) is 0 Å². The van der Waals surface area contributed by atoms with Crippen molar-refractivity contribution in [2.75, 3.05) is 14.2 Å². The quantitative estimate of drug-likeness (QED) is 0.345. The van der Waals surface area contributed by atoms with Crippen LogP contribution < -0.4 is 0 Å². The lowest BCUT2D eigenvalue weighted by Crippen LogP contribution is -2.25. The lowest BCUT2D eigenvalue weighted by Gasteiger charge is -2.09. The van der Waals surface area contributed by atoms with Gasteiger partial charge in [-0.3, -0.25) is 9.63 Å². The number of amides is 1. The molecule has 3 nitrogen and oxygen atoms in total. The normalized spacial score (nSPS) is 10.1. The summed E-state index contributed by atoms with van der Waals surface area (Å²) in [6.45, 7) is 6.25. The van der Waals surface area contributed by atoms with E-state index in [1.807, 2.05) is 0 Å². The molecule has 0 aromatic carbocycles. The zero-order valence-corrected chi connectivity index (χ0v) is 9.26. The summed E-state index contributed by atoms with van der Waals surface area (Å²) in [5.74, 6) is 2.26. The van der Waals surface area contributed by atoms with Crippen molar-refractivity contribution in [3.05, 3.63) is 0 Å². The number of carbonyl (C=O) groups is 1. The van der Waals surface area contributed by atoms with Crippen molar-refractivity contribution in [1.29, 1.82) is 0 Å². The Bertz CT molecular complexity index is 221. The van der Waals surface area contributed by atoms with Crippen LogP contribution in [0.25, 0.3) is 0 Å². The van der Waals surface area contributed by atoms with Gasteiger partial charge >= 0.3 is 5.91 Å². The zero-order chi connectivity index (χ0) is 9.78. The van der Waals surface area contributed by atoms with E-state index in [9.17, 15) is 4.79 Å². The van der Waals surface area contributed by atoms with Gasteiger partial charge in [0, 0.05) is 7.05 Å². The Morgan fingerprint density at radius 3 is 2.25 bits per heavy atom. The molecule has 0 N–H and O–H groups in total. The maximum absolute atomic E-state index is 11.1. The molecule has 0 fully saturated rings. The van der Waals surface area contributed by atoms with Gasteiger partial charge in [-0.05, 0) is 5.92 Å². The van der Waals surface area contributed by atoms with Crippen LogP contribution in [0, 0.1) is 11.5 Å². The van der Waals surface area contributed by atoms with Crippen LogP contribution in [0.15, 0.2) is 0 Å². The van der Waals surface area contributed by atoms with Gasteiger partial charge in [0.1, 0.15) is 8.07 Å². The molecule has 1 amide bonds. The number of hydroxylamine groups is 2. The fourth-order valence-electron chi connectivity index (χ4n) is 0.403. The van der Waals surface area contributed by atoms with Crippen molar-refractivity contribution in [3.63, 3.8) is 0 Å². The lowest BCUT2D eigenvalue weighted by atomic mass is 10.6. The summed E-state index contributed by atoms with van der Waals surface area (Å²) in [7, 11) is 1.54. The Hall–Kier alpha value is -0.793. The van der Waals surface area contributed by atoms with E-state index in [2.05, 4.69) is 35.9 Å². The van der Waals surface area contributed by atoms with Gasteiger partial charge < -0.3 is 0 Å². The molecule has 0 spiro atoms. The van der Waals surface area contributed by atoms with Gasteiger partial charge in [0.25, 0.3) is 0 Å². The molecule has 0 rings (SSSR count). The standard InChI is InChI=1S/C8H15NO2Si/c1-9(11-2)8(10)6-7-12(3,4)5/h1-5H3. The van der Waals surface area contributed by atoms with E-state index in [4.69, 9.17) is 0 Å². The molecular weight excluding hydrogens is 170 g/mol. The monoisotopic (exact) mass is 185 g/mol. The molecule has 0 atom stereocenters. The van der Waals surface area contributed by atoms with Crippen LogP contribution in [0.4, 0.5) is 0 Å². The number of rotatable bonds is 1. The minimum Gasteiger partial charge on any atom is -0.274 e. The van der Waals surface area contributed by atoms with Crippen molar-refractivity contribution < 1.29 is 9.63 Å². The fourth-order valence-corrected chi connectivity index (χ4v) is 0.885. The van der Waals surface area contributed by atoms with Crippen molar-refractivity contribution in [2.45, 2.75) is 19.6 Å². The first-order valence-corrected chi connectivity index (χ1v) is 7.22. The molecule has 12 heavy (non-hydrogen) atoms. The zero-order valence-electron chi connectivity index (χ0n) is 8.26. The van der Waals surface area contributed by atoms with Gasteiger partial charge in [0.2, 0.25) is 0 Å². The topological polar surface area (TPSA) is 29.5 Å². The maximum atomic E-state index is 11.1. The van der Waals surface area contributed by atoms with Crippen molar-refractivity contribution in [3.8, 4) is 11.5 Å². The van der Waals surface area contributed by atoms with Gasteiger partial charge in [-0.25, -0.2) is 5.06 Å². The minimum absolute atomic E-state index is 0.292. The van der Waals surface area contributed by atoms with E-state index in [1.54, 1.807) is 7.05 Å². The van der Waals surface area contributed by atoms with E-state index < -0.39 is 8.07 Å².